The number of nitrogens with one attached hydrogen (secondary N) is 1. The second kappa shape index (κ2) is 5.70. The molecule has 1 unspecified atom stereocenters. The van der Waals surface area contributed by atoms with Crippen LogP contribution in [0.5, 0.6) is 0 Å². The number of hydrogen-bond acceptors (Lipinski definition) is 5. The predicted molar refractivity (Wildman–Crippen MR) is 68.4 cm³/mol. The zero-order valence-corrected chi connectivity index (χ0v) is 10.7. The van der Waals surface area contributed by atoms with Crippen molar-refractivity contribution in [3.05, 3.63) is 41.7 Å². The summed E-state index contributed by atoms with van der Waals surface area (Å²) < 4.78 is 1.98. The lowest BCUT2D eigenvalue weighted by Gasteiger charge is -2.15. The van der Waals surface area contributed by atoms with Gasteiger partial charge in [-0.1, -0.05) is 0 Å². The highest BCUT2D eigenvalue weighted by molar-refractivity contribution is 5.14. The molecule has 2 aromatic heterocycles. The first-order chi connectivity index (χ1) is 8.74. The van der Waals surface area contributed by atoms with Gasteiger partial charge >= 0.3 is 0 Å². The fourth-order valence-corrected chi connectivity index (χ4v) is 1.99. The summed E-state index contributed by atoms with van der Waals surface area (Å²) in [6, 6.07) is 2.02. The van der Waals surface area contributed by atoms with Gasteiger partial charge in [-0.3, -0.25) is 25.9 Å². The predicted octanol–water partition coefficient (Wildman–Crippen LogP) is 0.749. The Bertz CT molecular complexity index is 493. The molecule has 0 fully saturated rings. The fraction of sp³-hybridized carbons (Fsp3) is 0.417. The first kappa shape index (κ1) is 12.7. The first-order valence-corrected chi connectivity index (χ1v) is 6.00. The van der Waals surface area contributed by atoms with Crippen LogP contribution in [0.15, 0.2) is 24.7 Å². The molecule has 18 heavy (non-hydrogen) atoms. The lowest BCUT2D eigenvalue weighted by Crippen LogP contribution is -2.31. The number of rotatable bonds is 5. The van der Waals surface area contributed by atoms with Crippen molar-refractivity contribution in [3.63, 3.8) is 0 Å². The quantitative estimate of drug-likeness (QED) is 0.601. The fourth-order valence-electron chi connectivity index (χ4n) is 1.99. The van der Waals surface area contributed by atoms with Crippen LogP contribution in [0.1, 0.15) is 30.0 Å². The van der Waals surface area contributed by atoms with Crippen LogP contribution in [0.2, 0.25) is 0 Å². The van der Waals surface area contributed by atoms with Crippen LogP contribution < -0.4 is 11.3 Å². The van der Waals surface area contributed by atoms with E-state index in [9.17, 15) is 0 Å². The smallest absolute Gasteiger partial charge is 0.0773 e. The molecule has 2 aromatic rings. The SMILES string of the molecule is CCn1nc(C)cc1CC(NN)c1cnccn1. The maximum atomic E-state index is 5.60. The Balaban J connectivity index is 2.20. The zero-order valence-electron chi connectivity index (χ0n) is 10.7. The van der Waals surface area contributed by atoms with E-state index in [0.717, 1.165) is 30.0 Å². The van der Waals surface area contributed by atoms with Crippen LogP contribution in [-0.4, -0.2) is 19.7 Å². The van der Waals surface area contributed by atoms with Crippen LogP contribution in [0.25, 0.3) is 0 Å². The summed E-state index contributed by atoms with van der Waals surface area (Å²) >= 11 is 0. The van der Waals surface area contributed by atoms with Crippen molar-refractivity contribution in [1.82, 2.24) is 25.2 Å². The van der Waals surface area contributed by atoms with Crippen molar-refractivity contribution in [2.45, 2.75) is 32.9 Å². The van der Waals surface area contributed by atoms with Gasteiger partial charge < -0.3 is 0 Å². The van der Waals surface area contributed by atoms with Gasteiger partial charge in [0.1, 0.15) is 0 Å². The maximum absolute atomic E-state index is 5.60. The molecular formula is C12H18N6. The van der Waals surface area contributed by atoms with Gasteiger partial charge in [-0.15, -0.1) is 0 Å². The largest absolute Gasteiger partial charge is 0.271 e. The van der Waals surface area contributed by atoms with Crippen molar-refractivity contribution in [1.29, 1.82) is 0 Å². The van der Waals surface area contributed by atoms with Gasteiger partial charge in [0, 0.05) is 31.1 Å². The Morgan fingerprint density at radius 1 is 1.44 bits per heavy atom. The average molecular weight is 246 g/mol. The number of nitrogens with two attached hydrogens (primary N) is 1. The molecule has 6 nitrogen and oxygen atoms in total. The second-order valence-corrected chi connectivity index (χ2v) is 4.15. The van der Waals surface area contributed by atoms with Crippen molar-refractivity contribution in [2.75, 3.05) is 0 Å². The van der Waals surface area contributed by atoms with Gasteiger partial charge in [0.2, 0.25) is 0 Å². The molecule has 1 atom stereocenters. The summed E-state index contributed by atoms with van der Waals surface area (Å²) in [4.78, 5) is 8.34. The molecule has 0 aliphatic rings. The van der Waals surface area contributed by atoms with E-state index in [4.69, 9.17) is 5.84 Å². The van der Waals surface area contributed by atoms with Crippen LogP contribution >= 0.6 is 0 Å². The van der Waals surface area contributed by atoms with E-state index in [1.165, 1.54) is 0 Å². The molecule has 2 rings (SSSR count). The summed E-state index contributed by atoms with van der Waals surface area (Å²) in [5.41, 5.74) is 5.78. The van der Waals surface area contributed by atoms with E-state index in [2.05, 4.69) is 33.5 Å². The van der Waals surface area contributed by atoms with E-state index in [-0.39, 0.29) is 6.04 Å². The molecular weight excluding hydrogens is 228 g/mol. The number of hydrogen-bond donors (Lipinski definition) is 2. The maximum Gasteiger partial charge on any atom is 0.0773 e. The van der Waals surface area contributed by atoms with Gasteiger partial charge in [-0.2, -0.15) is 5.10 Å². The topological polar surface area (TPSA) is 81.7 Å². The Morgan fingerprint density at radius 3 is 2.89 bits per heavy atom. The van der Waals surface area contributed by atoms with Crippen LogP contribution in [0.3, 0.4) is 0 Å². The standard InChI is InChI=1S/C12H18N6/c1-3-18-10(6-9(2)17-18)7-11(16-13)12-8-14-4-5-15-12/h4-6,8,11,16H,3,7,13H2,1-2H3. The number of hydrazine groups is 1. The van der Waals surface area contributed by atoms with Gasteiger partial charge in [-0.05, 0) is 19.9 Å². The molecule has 2 heterocycles. The monoisotopic (exact) mass is 246 g/mol. The summed E-state index contributed by atoms with van der Waals surface area (Å²) in [7, 11) is 0. The van der Waals surface area contributed by atoms with Crippen molar-refractivity contribution >= 4 is 0 Å². The van der Waals surface area contributed by atoms with E-state index < -0.39 is 0 Å². The third-order valence-corrected chi connectivity index (χ3v) is 2.84. The second-order valence-electron chi connectivity index (χ2n) is 4.15. The number of aromatic nitrogens is 4. The molecule has 3 N–H and O–H groups in total. The Kier molecular flexibility index (Phi) is 4.01. The highest BCUT2D eigenvalue weighted by Gasteiger charge is 2.15. The Labute approximate surface area is 106 Å². The molecule has 0 saturated heterocycles. The number of nitrogens with zero attached hydrogens (tertiary/aromatic N) is 4. The van der Waals surface area contributed by atoms with Crippen LogP contribution in [0.4, 0.5) is 0 Å². The minimum Gasteiger partial charge on any atom is -0.271 e. The molecule has 6 heteroatoms. The molecule has 0 bridgehead atoms. The molecule has 96 valence electrons. The lowest BCUT2D eigenvalue weighted by molar-refractivity contribution is 0.505. The molecule has 0 saturated carbocycles. The number of aryl methyl sites for hydroxylation is 2. The molecule has 0 aliphatic carbocycles. The van der Waals surface area contributed by atoms with Crippen molar-refractivity contribution < 1.29 is 0 Å². The van der Waals surface area contributed by atoms with E-state index in [1.807, 2.05) is 11.6 Å². The highest BCUT2D eigenvalue weighted by Crippen LogP contribution is 2.15. The average Bonchev–Trinajstić information content (AvgIpc) is 2.77. The van der Waals surface area contributed by atoms with E-state index in [1.54, 1.807) is 18.6 Å². The van der Waals surface area contributed by atoms with Gasteiger partial charge in [0.25, 0.3) is 0 Å². The third kappa shape index (κ3) is 2.72. The van der Waals surface area contributed by atoms with Crippen LogP contribution in [0, 0.1) is 6.92 Å². The first-order valence-electron chi connectivity index (χ1n) is 6.00. The van der Waals surface area contributed by atoms with Gasteiger partial charge in [-0.25, -0.2) is 0 Å². The Morgan fingerprint density at radius 2 is 2.28 bits per heavy atom. The minimum atomic E-state index is -0.0555. The van der Waals surface area contributed by atoms with Crippen LogP contribution in [-0.2, 0) is 13.0 Å². The van der Waals surface area contributed by atoms with Crippen molar-refractivity contribution in [3.8, 4) is 0 Å². The zero-order chi connectivity index (χ0) is 13.0. The molecule has 0 radical (unpaired) electrons. The molecule has 0 aromatic carbocycles. The summed E-state index contributed by atoms with van der Waals surface area (Å²) in [6.45, 7) is 4.91. The molecule has 0 aliphatic heterocycles. The lowest BCUT2D eigenvalue weighted by atomic mass is 10.1. The Hall–Kier alpha value is -1.79. The normalized spacial score (nSPS) is 12.6. The molecule has 0 spiro atoms. The van der Waals surface area contributed by atoms with Gasteiger partial charge in [0.05, 0.1) is 23.6 Å². The highest BCUT2D eigenvalue weighted by atomic mass is 15.3. The molecule has 0 amide bonds. The summed E-state index contributed by atoms with van der Waals surface area (Å²) in [5, 5.41) is 4.42. The van der Waals surface area contributed by atoms with Crippen molar-refractivity contribution in [2.24, 2.45) is 5.84 Å². The summed E-state index contributed by atoms with van der Waals surface area (Å²) in [5.74, 6) is 5.60. The van der Waals surface area contributed by atoms with E-state index >= 15 is 0 Å². The third-order valence-electron chi connectivity index (χ3n) is 2.84. The van der Waals surface area contributed by atoms with Gasteiger partial charge in [0.15, 0.2) is 0 Å². The summed E-state index contributed by atoms with van der Waals surface area (Å²) in [6.07, 6.45) is 5.79. The minimum absolute atomic E-state index is 0.0555. The van der Waals surface area contributed by atoms with E-state index in [0.29, 0.717) is 0 Å².